The van der Waals surface area contributed by atoms with E-state index in [9.17, 15) is 4.79 Å². The second-order valence-corrected chi connectivity index (χ2v) is 4.58. The zero-order chi connectivity index (χ0) is 13.0. The summed E-state index contributed by atoms with van der Waals surface area (Å²) in [6.45, 7) is 6.72. The number of pyridine rings is 1. The van der Waals surface area contributed by atoms with Crippen LogP contribution in [-0.4, -0.2) is 53.4 Å². The molecular formula is C13H20N4O. The largest absolute Gasteiger partial charge is 0.384 e. The summed E-state index contributed by atoms with van der Waals surface area (Å²) in [6, 6.07) is 5.18. The minimum absolute atomic E-state index is 0.0153. The number of nitrogens with two attached hydrogens (primary N) is 1. The molecule has 0 spiro atoms. The number of amides is 1. The Morgan fingerprint density at radius 1 is 1.33 bits per heavy atom. The van der Waals surface area contributed by atoms with Gasteiger partial charge < -0.3 is 10.6 Å². The molecule has 0 radical (unpaired) electrons. The van der Waals surface area contributed by atoms with Crippen LogP contribution in [-0.2, 0) is 0 Å². The van der Waals surface area contributed by atoms with Gasteiger partial charge >= 0.3 is 0 Å². The minimum Gasteiger partial charge on any atom is -0.384 e. The average Bonchev–Trinajstić information content (AvgIpc) is 2.39. The van der Waals surface area contributed by atoms with Crippen LogP contribution in [0.3, 0.4) is 0 Å². The van der Waals surface area contributed by atoms with Gasteiger partial charge in [-0.1, -0.05) is 13.0 Å². The first-order valence-electron chi connectivity index (χ1n) is 6.45. The lowest BCUT2D eigenvalue weighted by Gasteiger charge is -2.34. The van der Waals surface area contributed by atoms with E-state index in [1.807, 2.05) is 4.90 Å². The molecule has 0 atom stereocenters. The second-order valence-electron chi connectivity index (χ2n) is 4.58. The molecule has 1 amide bonds. The van der Waals surface area contributed by atoms with Gasteiger partial charge in [-0.05, 0) is 25.1 Å². The summed E-state index contributed by atoms with van der Waals surface area (Å²) >= 11 is 0. The molecule has 1 aliphatic heterocycles. The molecule has 0 saturated carbocycles. The lowest BCUT2D eigenvalue weighted by Crippen LogP contribution is -2.48. The van der Waals surface area contributed by atoms with Gasteiger partial charge in [0.05, 0.1) is 0 Å². The highest BCUT2D eigenvalue weighted by atomic mass is 16.2. The number of hydrogen-bond acceptors (Lipinski definition) is 4. The number of nitrogens with zero attached hydrogens (tertiary/aromatic N) is 3. The van der Waals surface area contributed by atoms with Gasteiger partial charge in [0.1, 0.15) is 11.5 Å². The van der Waals surface area contributed by atoms with Crippen LogP contribution in [0.25, 0.3) is 0 Å². The van der Waals surface area contributed by atoms with Gasteiger partial charge in [0.15, 0.2) is 0 Å². The lowest BCUT2D eigenvalue weighted by atomic mass is 10.2. The Morgan fingerprint density at radius 3 is 2.67 bits per heavy atom. The molecule has 1 aliphatic rings. The standard InChI is InChI=1S/C13H20N4O/c1-2-6-16-7-9-17(10-8-16)13(18)11-4-3-5-12(14)15-11/h3-5H,2,6-10H2,1H3,(H2,14,15). The number of carbonyl (C=O) groups excluding carboxylic acids is 1. The predicted octanol–water partition coefficient (Wildman–Crippen LogP) is 0.832. The summed E-state index contributed by atoms with van der Waals surface area (Å²) in [6.07, 6.45) is 1.16. The van der Waals surface area contributed by atoms with Crippen LogP contribution in [0.1, 0.15) is 23.8 Å². The highest BCUT2D eigenvalue weighted by molar-refractivity contribution is 5.92. The highest BCUT2D eigenvalue weighted by Gasteiger charge is 2.22. The van der Waals surface area contributed by atoms with E-state index in [4.69, 9.17) is 5.73 Å². The number of carbonyl (C=O) groups is 1. The van der Waals surface area contributed by atoms with Crippen LogP contribution in [0, 0.1) is 0 Å². The van der Waals surface area contributed by atoms with Crippen molar-refractivity contribution in [1.82, 2.24) is 14.8 Å². The molecule has 2 rings (SSSR count). The Kier molecular flexibility index (Phi) is 4.15. The van der Waals surface area contributed by atoms with Crippen molar-refractivity contribution in [1.29, 1.82) is 0 Å². The Bertz CT molecular complexity index is 413. The Hall–Kier alpha value is -1.62. The van der Waals surface area contributed by atoms with E-state index in [2.05, 4.69) is 16.8 Å². The van der Waals surface area contributed by atoms with Crippen LogP contribution in [0.5, 0.6) is 0 Å². The second kappa shape index (κ2) is 5.82. The summed E-state index contributed by atoms with van der Waals surface area (Å²) in [7, 11) is 0. The van der Waals surface area contributed by atoms with Crippen molar-refractivity contribution in [3.05, 3.63) is 23.9 Å². The maximum absolute atomic E-state index is 12.2. The molecule has 0 aromatic carbocycles. The number of rotatable bonds is 3. The molecule has 0 bridgehead atoms. The first-order valence-corrected chi connectivity index (χ1v) is 6.45. The Balaban J connectivity index is 1.95. The zero-order valence-electron chi connectivity index (χ0n) is 10.8. The van der Waals surface area contributed by atoms with Crippen LogP contribution in [0.4, 0.5) is 5.82 Å². The summed E-state index contributed by atoms with van der Waals surface area (Å²) in [5, 5.41) is 0. The van der Waals surface area contributed by atoms with E-state index in [0.717, 1.165) is 39.1 Å². The third-order valence-electron chi connectivity index (χ3n) is 3.19. The van der Waals surface area contributed by atoms with Gasteiger partial charge in [-0.2, -0.15) is 0 Å². The fraction of sp³-hybridized carbons (Fsp3) is 0.538. The van der Waals surface area contributed by atoms with Gasteiger partial charge in [-0.3, -0.25) is 9.69 Å². The molecule has 0 aliphatic carbocycles. The van der Waals surface area contributed by atoms with Crippen LogP contribution >= 0.6 is 0 Å². The first kappa shape index (κ1) is 12.8. The number of nitrogen functional groups attached to an aromatic ring is 1. The number of aromatic nitrogens is 1. The molecule has 18 heavy (non-hydrogen) atoms. The number of hydrogen-bond donors (Lipinski definition) is 1. The zero-order valence-corrected chi connectivity index (χ0v) is 10.8. The van der Waals surface area contributed by atoms with Gasteiger partial charge in [0, 0.05) is 26.2 Å². The average molecular weight is 248 g/mol. The molecule has 1 saturated heterocycles. The number of piperazine rings is 1. The highest BCUT2D eigenvalue weighted by Crippen LogP contribution is 2.08. The monoisotopic (exact) mass is 248 g/mol. The maximum Gasteiger partial charge on any atom is 0.272 e. The molecule has 2 heterocycles. The van der Waals surface area contributed by atoms with Crippen LogP contribution in [0.2, 0.25) is 0 Å². The molecule has 5 heteroatoms. The summed E-state index contributed by atoms with van der Waals surface area (Å²) < 4.78 is 0. The smallest absolute Gasteiger partial charge is 0.272 e. The Labute approximate surface area is 108 Å². The van der Waals surface area contributed by atoms with Gasteiger partial charge in [0.25, 0.3) is 5.91 Å². The third kappa shape index (κ3) is 2.98. The minimum atomic E-state index is -0.0153. The molecule has 2 N–H and O–H groups in total. The fourth-order valence-electron chi connectivity index (χ4n) is 2.22. The summed E-state index contributed by atoms with van der Waals surface area (Å²) in [5.74, 6) is 0.379. The van der Waals surface area contributed by atoms with Crippen molar-refractivity contribution in [3.8, 4) is 0 Å². The molecule has 1 aromatic rings. The number of anilines is 1. The van der Waals surface area contributed by atoms with Crippen molar-refractivity contribution in [2.75, 3.05) is 38.5 Å². The van der Waals surface area contributed by atoms with E-state index in [1.165, 1.54) is 0 Å². The fourth-order valence-corrected chi connectivity index (χ4v) is 2.22. The van der Waals surface area contributed by atoms with Gasteiger partial charge in [0.2, 0.25) is 0 Å². The summed E-state index contributed by atoms with van der Waals surface area (Å²) in [4.78, 5) is 20.5. The maximum atomic E-state index is 12.2. The Morgan fingerprint density at radius 2 is 2.06 bits per heavy atom. The topological polar surface area (TPSA) is 62.5 Å². The lowest BCUT2D eigenvalue weighted by molar-refractivity contribution is 0.0632. The van der Waals surface area contributed by atoms with E-state index in [0.29, 0.717) is 11.5 Å². The van der Waals surface area contributed by atoms with Gasteiger partial charge in [-0.25, -0.2) is 4.98 Å². The van der Waals surface area contributed by atoms with Crippen molar-refractivity contribution in [2.45, 2.75) is 13.3 Å². The van der Waals surface area contributed by atoms with Gasteiger partial charge in [-0.15, -0.1) is 0 Å². The first-order chi connectivity index (χ1) is 8.70. The molecule has 1 fully saturated rings. The molecule has 1 aromatic heterocycles. The summed E-state index contributed by atoms with van der Waals surface area (Å²) in [5.41, 5.74) is 6.04. The van der Waals surface area contributed by atoms with E-state index < -0.39 is 0 Å². The van der Waals surface area contributed by atoms with Crippen molar-refractivity contribution in [3.63, 3.8) is 0 Å². The molecule has 5 nitrogen and oxygen atoms in total. The van der Waals surface area contributed by atoms with E-state index in [1.54, 1.807) is 18.2 Å². The van der Waals surface area contributed by atoms with E-state index in [-0.39, 0.29) is 5.91 Å². The molecule has 0 unspecified atom stereocenters. The van der Waals surface area contributed by atoms with Crippen LogP contribution in [0.15, 0.2) is 18.2 Å². The molecule has 98 valence electrons. The van der Waals surface area contributed by atoms with Crippen molar-refractivity contribution in [2.24, 2.45) is 0 Å². The van der Waals surface area contributed by atoms with Crippen molar-refractivity contribution >= 4 is 11.7 Å². The third-order valence-corrected chi connectivity index (χ3v) is 3.19. The van der Waals surface area contributed by atoms with E-state index >= 15 is 0 Å². The SMILES string of the molecule is CCCN1CCN(C(=O)c2cccc(N)n2)CC1. The molecular weight excluding hydrogens is 228 g/mol. The normalized spacial score (nSPS) is 16.8. The predicted molar refractivity (Wildman–Crippen MR) is 71.3 cm³/mol. The quantitative estimate of drug-likeness (QED) is 0.860. The van der Waals surface area contributed by atoms with Crippen LogP contribution < -0.4 is 5.73 Å². The van der Waals surface area contributed by atoms with Crippen molar-refractivity contribution < 1.29 is 4.79 Å².